The van der Waals surface area contributed by atoms with E-state index >= 15 is 0 Å². The molecule has 0 aromatic carbocycles. The molecule has 16 heavy (non-hydrogen) atoms. The Kier molecular flexibility index (Phi) is 7.06. The average molecular weight is 227 g/mol. The molecular weight excluding hydrogens is 202 g/mol. The third-order valence-corrected chi connectivity index (χ3v) is 1.97. The number of carbonyl (C=O) groups excluding carboxylic acids is 1. The first-order valence-corrected chi connectivity index (χ1v) is 6.01. The van der Waals surface area contributed by atoms with E-state index < -0.39 is 5.60 Å². The quantitative estimate of drug-likeness (QED) is 0.560. The van der Waals surface area contributed by atoms with Crippen molar-refractivity contribution in [1.29, 1.82) is 0 Å². The monoisotopic (exact) mass is 227 g/mol. The Bertz CT molecular complexity index is 229. The van der Waals surface area contributed by atoms with Gasteiger partial charge in [-0.2, -0.15) is 0 Å². The van der Waals surface area contributed by atoms with Crippen molar-refractivity contribution in [2.75, 3.05) is 6.54 Å². The third kappa shape index (κ3) is 8.48. The number of allylic oxidation sites excluding steroid dienone is 1. The van der Waals surface area contributed by atoms with Crippen molar-refractivity contribution in [1.82, 2.24) is 5.32 Å². The summed E-state index contributed by atoms with van der Waals surface area (Å²) in [5.74, 6) is -0.198. The fourth-order valence-electron chi connectivity index (χ4n) is 1.24. The lowest BCUT2D eigenvalue weighted by molar-refractivity contribution is -0.153. The molecule has 0 aromatic rings. The largest absolute Gasteiger partial charge is 0.459 e. The number of nitrogens with one attached hydrogen (secondary N) is 1. The Hall–Kier alpha value is -0.830. The highest BCUT2D eigenvalue weighted by Gasteiger charge is 2.16. The minimum atomic E-state index is -0.403. The second kappa shape index (κ2) is 7.44. The van der Waals surface area contributed by atoms with E-state index in [4.69, 9.17) is 4.74 Å². The van der Waals surface area contributed by atoms with Crippen molar-refractivity contribution in [3.63, 3.8) is 0 Å². The van der Waals surface area contributed by atoms with E-state index in [-0.39, 0.29) is 18.6 Å². The van der Waals surface area contributed by atoms with Gasteiger partial charge in [-0.1, -0.05) is 26.0 Å². The van der Waals surface area contributed by atoms with E-state index in [0.717, 1.165) is 12.8 Å². The van der Waals surface area contributed by atoms with Crippen molar-refractivity contribution in [3.8, 4) is 0 Å². The molecule has 0 spiro atoms. The van der Waals surface area contributed by atoms with Crippen LogP contribution in [0.2, 0.25) is 0 Å². The van der Waals surface area contributed by atoms with Crippen LogP contribution in [0.1, 0.15) is 47.5 Å². The fourth-order valence-corrected chi connectivity index (χ4v) is 1.24. The molecule has 0 aliphatic carbocycles. The zero-order chi connectivity index (χ0) is 12.6. The lowest BCUT2D eigenvalue weighted by Gasteiger charge is -2.20. The Morgan fingerprint density at radius 2 is 2.00 bits per heavy atom. The minimum absolute atomic E-state index is 0.198. The fraction of sp³-hybridized carbons (Fsp3) is 0.769. The van der Waals surface area contributed by atoms with Gasteiger partial charge < -0.3 is 10.1 Å². The predicted octanol–water partition coefficient (Wildman–Crippen LogP) is 2.66. The predicted molar refractivity (Wildman–Crippen MR) is 67.4 cm³/mol. The van der Waals surface area contributed by atoms with E-state index in [2.05, 4.69) is 31.3 Å². The minimum Gasteiger partial charge on any atom is -0.459 e. The van der Waals surface area contributed by atoms with Gasteiger partial charge in [0.1, 0.15) is 5.60 Å². The number of hydrogen-bond acceptors (Lipinski definition) is 3. The van der Waals surface area contributed by atoms with Crippen LogP contribution < -0.4 is 5.32 Å². The van der Waals surface area contributed by atoms with Crippen LogP contribution in [0.3, 0.4) is 0 Å². The van der Waals surface area contributed by atoms with Crippen LogP contribution in [0.5, 0.6) is 0 Å². The van der Waals surface area contributed by atoms with Crippen LogP contribution in [-0.2, 0) is 9.53 Å². The molecule has 0 unspecified atom stereocenters. The van der Waals surface area contributed by atoms with Gasteiger partial charge in [0.2, 0.25) is 0 Å². The molecule has 94 valence electrons. The van der Waals surface area contributed by atoms with Crippen molar-refractivity contribution < 1.29 is 9.53 Å². The molecule has 3 nitrogen and oxygen atoms in total. The Labute approximate surface area is 99.3 Å². The molecule has 1 N–H and O–H groups in total. The number of ether oxygens (including phenoxy) is 1. The van der Waals surface area contributed by atoms with E-state index in [9.17, 15) is 4.79 Å². The zero-order valence-corrected chi connectivity index (χ0v) is 11.2. The first-order chi connectivity index (χ1) is 7.39. The molecule has 0 aromatic heterocycles. The van der Waals surface area contributed by atoms with Gasteiger partial charge in [0.25, 0.3) is 0 Å². The number of esters is 1. The lowest BCUT2D eigenvalue weighted by Crippen LogP contribution is -2.36. The maximum Gasteiger partial charge on any atom is 0.320 e. The van der Waals surface area contributed by atoms with Gasteiger partial charge in [-0.05, 0) is 33.6 Å². The second-order valence-corrected chi connectivity index (χ2v) is 4.82. The van der Waals surface area contributed by atoms with Crippen molar-refractivity contribution >= 4 is 5.97 Å². The summed E-state index contributed by atoms with van der Waals surface area (Å²) in [6.45, 7) is 10.1. The van der Waals surface area contributed by atoms with Gasteiger partial charge in [0.05, 0.1) is 6.54 Å². The number of hydrogen-bond donors (Lipinski definition) is 1. The molecule has 0 aliphatic heterocycles. The van der Waals surface area contributed by atoms with Gasteiger partial charge in [0, 0.05) is 6.04 Å². The smallest absolute Gasteiger partial charge is 0.320 e. The molecule has 0 fully saturated rings. The summed E-state index contributed by atoms with van der Waals surface area (Å²) < 4.78 is 5.21. The summed E-state index contributed by atoms with van der Waals surface area (Å²) >= 11 is 0. The van der Waals surface area contributed by atoms with Crippen LogP contribution in [0, 0.1) is 0 Å². The molecule has 1 atom stereocenters. The Balaban J connectivity index is 3.93. The SMILES string of the molecule is CC/C=C/[C@@H](CC)NCC(=O)OC(C)(C)C. The lowest BCUT2D eigenvalue weighted by atomic mass is 10.2. The molecule has 0 radical (unpaired) electrons. The van der Waals surface area contributed by atoms with Gasteiger partial charge in [-0.15, -0.1) is 0 Å². The number of carbonyl (C=O) groups is 1. The molecule has 0 aliphatic rings. The molecule has 0 saturated carbocycles. The summed E-state index contributed by atoms with van der Waals surface area (Å²) in [5, 5.41) is 3.17. The average Bonchev–Trinajstić information content (AvgIpc) is 2.15. The van der Waals surface area contributed by atoms with Crippen LogP contribution in [0.25, 0.3) is 0 Å². The van der Waals surface area contributed by atoms with Crippen LogP contribution in [-0.4, -0.2) is 24.2 Å². The van der Waals surface area contributed by atoms with E-state index in [0.29, 0.717) is 0 Å². The molecule has 0 saturated heterocycles. The topological polar surface area (TPSA) is 38.3 Å². The summed E-state index contributed by atoms with van der Waals surface area (Å²) in [5.41, 5.74) is -0.403. The maximum absolute atomic E-state index is 11.4. The highest BCUT2D eigenvalue weighted by atomic mass is 16.6. The van der Waals surface area contributed by atoms with Crippen molar-refractivity contribution in [2.24, 2.45) is 0 Å². The van der Waals surface area contributed by atoms with Crippen LogP contribution >= 0.6 is 0 Å². The Morgan fingerprint density at radius 1 is 1.38 bits per heavy atom. The molecule has 0 heterocycles. The molecule has 3 heteroatoms. The standard InChI is InChI=1S/C13H25NO2/c1-6-8-9-11(7-2)14-10-12(15)16-13(3,4)5/h8-9,11,14H,6-7,10H2,1-5H3/b9-8+/t11-/m1/s1. The van der Waals surface area contributed by atoms with Crippen LogP contribution in [0.15, 0.2) is 12.2 Å². The summed E-state index contributed by atoms with van der Waals surface area (Å²) in [7, 11) is 0. The van der Waals surface area contributed by atoms with Gasteiger partial charge in [0.15, 0.2) is 0 Å². The van der Waals surface area contributed by atoms with Crippen molar-refractivity contribution in [3.05, 3.63) is 12.2 Å². The number of rotatable bonds is 6. The zero-order valence-electron chi connectivity index (χ0n) is 11.2. The van der Waals surface area contributed by atoms with E-state index in [1.54, 1.807) is 0 Å². The molecule has 0 rings (SSSR count). The first kappa shape index (κ1) is 15.2. The summed E-state index contributed by atoms with van der Waals surface area (Å²) in [4.78, 5) is 11.4. The first-order valence-electron chi connectivity index (χ1n) is 6.01. The van der Waals surface area contributed by atoms with Gasteiger partial charge in [-0.3, -0.25) is 4.79 Å². The van der Waals surface area contributed by atoms with Crippen LogP contribution in [0.4, 0.5) is 0 Å². The van der Waals surface area contributed by atoms with E-state index in [1.807, 2.05) is 20.8 Å². The molecule has 0 bridgehead atoms. The summed E-state index contributed by atoms with van der Waals surface area (Å²) in [6.07, 6.45) is 6.20. The van der Waals surface area contributed by atoms with Gasteiger partial charge in [-0.25, -0.2) is 0 Å². The third-order valence-electron chi connectivity index (χ3n) is 1.97. The molecular formula is C13H25NO2. The van der Waals surface area contributed by atoms with Gasteiger partial charge >= 0.3 is 5.97 Å². The van der Waals surface area contributed by atoms with Crippen molar-refractivity contribution in [2.45, 2.75) is 59.1 Å². The molecule has 0 amide bonds. The highest BCUT2D eigenvalue weighted by molar-refractivity contribution is 5.72. The second-order valence-electron chi connectivity index (χ2n) is 4.82. The summed E-state index contributed by atoms with van der Waals surface area (Å²) in [6, 6.07) is 0.257. The maximum atomic E-state index is 11.4. The normalized spacial score (nSPS) is 14.1. The van der Waals surface area contributed by atoms with E-state index in [1.165, 1.54) is 0 Å². The highest BCUT2D eigenvalue weighted by Crippen LogP contribution is 2.06. The Morgan fingerprint density at radius 3 is 2.44 bits per heavy atom.